The fraction of sp³-hybridized carbons (Fsp3) is 0.316. The maximum Gasteiger partial charge on any atom is 0.246 e. The summed E-state index contributed by atoms with van der Waals surface area (Å²) in [5, 5.41) is 11.7. The number of benzene rings is 1. The van der Waals surface area contributed by atoms with Gasteiger partial charge in [0.15, 0.2) is 0 Å². The van der Waals surface area contributed by atoms with Gasteiger partial charge < -0.3 is 5.32 Å². The number of carbonyl (C=O) groups is 1. The normalized spacial score (nSPS) is 10.9. The molecule has 25 heavy (non-hydrogen) atoms. The molecule has 0 atom stereocenters. The molecule has 0 aliphatic carbocycles. The van der Waals surface area contributed by atoms with Crippen molar-refractivity contribution in [2.24, 2.45) is 0 Å². The molecular formula is C19H23N5O. The van der Waals surface area contributed by atoms with Crippen LogP contribution in [-0.2, 0) is 17.9 Å². The van der Waals surface area contributed by atoms with Crippen molar-refractivity contribution in [3.63, 3.8) is 0 Å². The molecule has 2 aromatic heterocycles. The Morgan fingerprint density at radius 3 is 2.52 bits per heavy atom. The minimum Gasteiger partial charge on any atom is -0.321 e. The first-order valence-electron chi connectivity index (χ1n) is 8.32. The Labute approximate surface area is 147 Å². The van der Waals surface area contributed by atoms with Crippen LogP contribution in [0.5, 0.6) is 0 Å². The Bertz CT molecular complexity index is 906. The molecule has 0 aliphatic rings. The van der Waals surface area contributed by atoms with Crippen LogP contribution in [-0.4, -0.2) is 25.5 Å². The number of rotatable bonds is 5. The molecule has 0 unspecified atom stereocenters. The number of hydrogen-bond acceptors (Lipinski definition) is 3. The Hall–Kier alpha value is -2.89. The summed E-state index contributed by atoms with van der Waals surface area (Å²) in [6.45, 7) is 8.80. The number of anilines is 1. The van der Waals surface area contributed by atoms with Gasteiger partial charge in [-0.25, -0.2) is 0 Å². The van der Waals surface area contributed by atoms with Crippen molar-refractivity contribution in [1.82, 2.24) is 19.6 Å². The Morgan fingerprint density at radius 2 is 1.84 bits per heavy atom. The first-order chi connectivity index (χ1) is 12.0. The van der Waals surface area contributed by atoms with Crippen molar-refractivity contribution in [2.75, 3.05) is 5.32 Å². The van der Waals surface area contributed by atoms with E-state index in [1.165, 1.54) is 11.1 Å². The molecule has 0 aliphatic heterocycles. The van der Waals surface area contributed by atoms with E-state index < -0.39 is 0 Å². The first-order valence-corrected chi connectivity index (χ1v) is 8.32. The molecule has 1 aromatic carbocycles. The quantitative estimate of drug-likeness (QED) is 0.778. The van der Waals surface area contributed by atoms with Gasteiger partial charge in [-0.3, -0.25) is 14.2 Å². The minimum absolute atomic E-state index is 0.103. The number of nitrogens with zero attached hydrogens (tertiary/aromatic N) is 4. The molecule has 3 aromatic rings. The molecule has 130 valence electrons. The summed E-state index contributed by atoms with van der Waals surface area (Å²) in [6, 6.07) is 10.1. The Kier molecular flexibility index (Phi) is 4.70. The molecule has 0 saturated carbocycles. The van der Waals surface area contributed by atoms with Crippen LogP contribution in [0.1, 0.15) is 28.2 Å². The Balaban J connectivity index is 1.77. The van der Waals surface area contributed by atoms with Gasteiger partial charge in [-0.1, -0.05) is 24.3 Å². The molecule has 0 radical (unpaired) electrons. The van der Waals surface area contributed by atoms with E-state index in [-0.39, 0.29) is 12.5 Å². The second kappa shape index (κ2) is 6.93. The third kappa shape index (κ3) is 3.63. The number of hydrogen-bond donors (Lipinski definition) is 1. The van der Waals surface area contributed by atoms with Crippen molar-refractivity contribution in [3.05, 3.63) is 64.7 Å². The lowest BCUT2D eigenvalue weighted by molar-refractivity contribution is -0.116. The van der Waals surface area contributed by atoms with Gasteiger partial charge in [0.2, 0.25) is 5.91 Å². The fourth-order valence-electron chi connectivity index (χ4n) is 2.86. The highest BCUT2D eigenvalue weighted by molar-refractivity contribution is 5.91. The number of aromatic nitrogens is 4. The van der Waals surface area contributed by atoms with Crippen LogP contribution in [0, 0.1) is 27.7 Å². The average Bonchev–Trinajstić information content (AvgIpc) is 3.08. The van der Waals surface area contributed by atoms with E-state index in [0.29, 0.717) is 6.54 Å². The zero-order valence-electron chi connectivity index (χ0n) is 15.1. The van der Waals surface area contributed by atoms with E-state index in [1.54, 1.807) is 10.9 Å². The molecule has 0 saturated heterocycles. The van der Waals surface area contributed by atoms with Gasteiger partial charge in [-0.05, 0) is 44.9 Å². The van der Waals surface area contributed by atoms with Gasteiger partial charge in [0, 0.05) is 11.9 Å². The second-order valence-electron chi connectivity index (χ2n) is 6.31. The summed E-state index contributed by atoms with van der Waals surface area (Å²) in [5.41, 5.74) is 5.96. The lowest BCUT2D eigenvalue weighted by atomic mass is 10.1. The second-order valence-corrected chi connectivity index (χ2v) is 6.31. The molecule has 6 heteroatoms. The van der Waals surface area contributed by atoms with E-state index >= 15 is 0 Å². The van der Waals surface area contributed by atoms with Gasteiger partial charge in [0.25, 0.3) is 0 Å². The van der Waals surface area contributed by atoms with Crippen molar-refractivity contribution < 1.29 is 4.79 Å². The SMILES string of the molecule is Cc1ccccc1Cn1nc(C)c(NC(=O)Cn2nccc2C)c1C. The van der Waals surface area contributed by atoms with Gasteiger partial charge >= 0.3 is 0 Å². The summed E-state index contributed by atoms with van der Waals surface area (Å²) in [4.78, 5) is 12.3. The van der Waals surface area contributed by atoms with Gasteiger partial charge in [-0.15, -0.1) is 0 Å². The molecule has 2 heterocycles. The van der Waals surface area contributed by atoms with Crippen LogP contribution in [0.2, 0.25) is 0 Å². The zero-order valence-corrected chi connectivity index (χ0v) is 15.1. The van der Waals surface area contributed by atoms with Crippen LogP contribution < -0.4 is 5.32 Å². The van der Waals surface area contributed by atoms with Crippen LogP contribution in [0.25, 0.3) is 0 Å². The maximum absolute atomic E-state index is 12.3. The van der Waals surface area contributed by atoms with E-state index in [0.717, 1.165) is 22.8 Å². The highest BCUT2D eigenvalue weighted by Gasteiger charge is 2.15. The molecule has 0 spiro atoms. The number of aryl methyl sites for hydroxylation is 3. The molecule has 0 fully saturated rings. The third-order valence-electron chi connectivity index (χ3n) is 4.45. The van der Waals surface area contributed by atoms with Crippen molar-refractivity contribution >= 4 is 11.6 Å². The molecule has 0 bridgehead atoms. The minimum atomic E-state index is -0.103. The van der Waals surface area contributed by atoms with E-state index in [4.69, 9.17) is 0 Å². The monoisotopic (exact) mass is 337 g/mol. The van der Waals surface area contributed by atoms with Gasteiger partial charge in [-0.2, -0.15) is 10.2 Å². The third-order valence-corrected chi connectivity index (χ3v) is 4.45. The maximum atomic E-state index is 12.3. The van der Waals surface area contributed by atoms with Crippen molar-refractivity contribution in [1.29, 1.82) is 0 Å². The molecule has 1 amide bonds. The zero-order chi connectivity index (χ0) is 18.0. The highest BCUT2D eigenvalue weighted by atomic mass is 16.2. The lowest BCUT2D eigenvalue weighted by Gasteiger charge is -2.09. The average molecular weight is 337 g/mol. The first kappa shape index (κ1) is 17.0. The molecule has 3 rings (SSSR count). The van der Waals surface area contributed by atoms with Gasteiger partial charge in [0.05, 0.1) is 23.6 Å². The molecule has 6 nitrogen and oxygen atoms in total. The van der Waals surface area contributed by atoms with E-state index in [9.17, 15) is 4.79 Å². The summed E-state index contributed by atoms with van der Waals surface area (Å²) < 4.78 is 3.62. The molecule has 1 N–H and O–H groups in total. The Morgan fingerprint density at radius 1 is 1.08 bits per heavy atom. The topological polar surface area (TPSA) is 64.7 Å². The standard InChI is InChI=1S/C19H23N5O/c1-13-7-5-6-8-17(13)11-24-16(4)19(15(3)22-24)21-18(25)12-23-14(2)9-10-20-23/h5-10H,11-12H2,1-4H3,(H,21,25). The lowest BCUT2D eigenvalue weighted by Crippen LogP contribution is -2.21. The van der Waals surface area contributed by atoms with Crippen LogP contribution in [0.15, 0.2) is 36.5 Å². The summed E-state index contributed by atoms with van der Waals surface area (Å²) in [5.74, 6) is -0.103. The fourth-order valence-corrected chi connectivity index (χ4v) is 2.86. The number of amides is 1. The van der Waals surface area contributed by atoms with Crippen molar-refractivity contribution in [3.8, 4) is 0 Å². The number of nitrogens with one attached hydrogen (secondary N) is 1. The van der Waals surface area contributed by atoms with Gasteiger partial charge in [0.1, 0.15) is 6.54 Å². The number of carbonyl (C=O) groups excluding carboxylic acids is 1. The summed E-state index contributed by atoms with van der Waals surface area (Å²) >= 11 is 0. The molecular weight excluding hydrogens is 314 g/mol. The van der Waals surface area contributed by atoms with E-state index in [2.05, 4.69) is 34.6 Å². The van der Waals surface area contributed by atoms with Crippen molar-refractivity contribution in [2.45, 2.75) is 40.8 Å². The van der Waals surface area contributed by atoms with Crippen LogP contribution in [0.4, 0.5) is 5.69 Å². The predicted octanol–water partition coefficient (Wildman–Crippen LogP) is 3.00. The smallest absolute Gasteiger partial charge is 0.246 e. The highest BCUT2D eigenvalue weighted by Crippen LogP contribution is 2.21. The predicted molar refractivity (Wildman–Crippen MR) is 97.6 cm³/mol. The summed E-state index contributed by atoms with van der Waals surface area (Å²) in [6.07, 6.45) is 1.69. The van der Waals surface area contributed by atoms with E-state index in [1.807, 2.05) is 43.7 Å². The summed E-state index contributed by atoms with van der Waals surface area (Å²) in [7, 11) is 0. The van der Waals surface area contributed by atoms with Crippen LogP contribution >= 0.6 is 0 Å². The van der Waals surface area contributed by atoms with Crippen LogP contribution in [0.3, 0.4) is 0 Å². The largest absolute Gasteiger partial charge is 0.321 e.